The maximum Gasteiger partial charge on any atom is 0.490 e. The van der Waals surface area contributed by atoms with E-state index in [1.165, 1.54) is 12.4 Å². The van der Waals surface area contributed by atoms with E-state index in [9.17, 15) is 22.8 Å². The van der Waals surface area contributed by atoms with Crippen LogP contribution in [0, 0.1) is 5.92 Å². The van der Waals surface area contributed by atoms with Gasteiger partial charge in [-0.05, 0) is 31.0 Å². The second-order valence-corrected chi connectivity index (χ2v) is 7.32. The second-order valence-electron chi connectivity index (χ2n) is 7.32. The average molecular weight is 467 g/mol. The maximum atomic E-state index is 12.9. The Hall–Kier alpha value is -3.61. The van der Waals surface area contributed by atoms with E-state index in [0.29, 0.717) is 30.8 Å². The molecule has 2 fully saturated rings. The van der Waals surface area contributed by atoms with Crippen LogP contribution in [0.2, 0.25) is 0 Å². The predicted octanol–water partition coefficient (Wildman–Crippen LogP) is 1.76. The van der Waals surface area contributed by atoms with Crippen molar-refractivity contribution in [3.05, 3.63) is 48.5 Å². The number of fused-ring (bicyclic) bond motifs is 1. The van der Waals surface area contributed by atoms with Gasteiger partial charge in [-0.15, -0.1) is 0 Å². The van der Waals surface area contributed by atoms with Crippen LogP contribution >= 0.6 is 0 Å². The summed E-state index contributed by atoms with van der Waals surface area (Å²) in [7, 11) is 0. The Bertz CT molecular complexity index is 977. The highest BCUT2D eigenvalue weighted by atomic mass is 19.4. The molecule has 0 spiro atoms. The Labute approximate surface area is 185 Å². The highest BCUT2D eigenvalue weighted by molar-refractivity contribution is 5.96. The van der Waals surface area contributed by atoms with Crippen molar-refractivity contribution in [2.24, 2.45) is 5.92 Å². The topological polar surface area (TPSA) is 135 Å². The van der Waals surface area contributed by atoms with Crippen molar-refractivity contribution >= 4 is 23.5 Å². The van der Waals surface area contributed by atoms with Gasteiger partial charge in [0.05, 0.1) is 47.9 Å². The lowest BCUT2D eigenvalue weighted by atomic mass is 9.89. The van der Waals surface area contributed by atoms with Gasteiger partial charge in [0.1, 0.15) is 0 Å². The third-order valence-electron chi connectivity index (χ3n) is 5.14. The van der Waals surface area contributed by atoms with Crippen molar-refractivity contribution in [1.29, 1.82) is 0 Å². The van der Waals surface area contributed by atoms with Gasteiger partial charge in [0.15, 0.2) is 0 Å². The number of anilines is 1. The van der Waals surface area contributed by atoms with Crippen LogP contribution in [-0.4, -0.2) is 74.4 Å². The minimum atomic E-state index is -5.08. The number of likely N-dealkylation sites (tertiary alicyclic amines) is 1. The smallest absolute Gasteiger partial charge is 0.475 e. The molecular weight excluding hydrogens is 447 g/mol. The highest BCUT2D eigenvalue weighted by Crippen LogP contribution is 2.32. The second kappa shape index (κ2) is 10.3. The van der Waals surface area contributed by atoms with Crippen LogP contribution in [0.15, 0.2) is 43.0 Å². The number of aromatic nitrogens is 3. The average Bonchev–Trinajstić information content (AvgIpc) is 3.28. The van der Waals surface area contributed by atoms with Gasteiger partial charge >= 0.3 is 12.1 Å². The number of aliphatic carboxylic acids is 1. The zero-order chi connectivity index (χ0) is 24.0. The lowest BCUT2D eigenvalue weighted by molar-refractivity contribution is -0.192. The Morgan fingerprint density at radius 1 is 1.15 bits per heavy atom. The molecule has 0 aliphatic carbocycles. The van der Waals surface area contributed by atoms with Gasteiger partial charge in [-0.2, -0.15) is 23.4 Å². The molecule has 13 heteroatoms. The number of carbonyl (C=O) groups is 3. The highest BCUT2D eigenvalue weighted by Gasteiger charge is 2.44. The van der Waals surface area contributed by atoms with Gasteiger partial charge in [-0.25, -0.2) is 4.79 Å². The van der Waals surface area contributed by atoms with Crippen molar-refractivity contribution in [3.63, 3.8) is 0 Å². The molecule has 2 amide bonds. The fraction of sp³-hybridized carbons (Fsp3) is 0.400. The molecule has 0 unspecified atom stereocenters. The molecule has 2 aromatic heterocycles. The molecule has 0 aromatic carbocycles. The molecule has 2 aliphatic heterocycles. The first-order valence-electron chi connectivity index (χ1n) is 9.87. The molecular formula is C20H20F3N5O5. The van der Waals surface area contributed by atoms with Crippen LogP contribution in [-0.2, 0) is 14.3 Å². The molecule has 0 saturated carbocycles. The SMILES string of the molecule is O=C(Nc1cccnc1)[C@H]1C[C@H]2OCC[C@H]2N(C(=O)c2ccnnc2)C1.O=C(O)C(F)(F)F. The van der Waals surface area contributed by atoms with Crippen molar-refractivity contribution < 1.29 is 37.4 Å². The van der Waals surface area contributed by atoms with Crippen LogP contribution in [0.4, 0.5) is 18.9 Å². The molecule has 2 aliphatic rings. The van der Waals surface area contributed by atoms with E-state index in [0.717, 1.165) is 6.42 Å². The quantitative estimate of drug-likeness (QED) is 0.698. The molecule has 3 atom stereocenters. The summed E-state index contributed by atoms with van der Waals surface area (Å²) in [5.74, 6) is -3.36. The lowest BCUT2D eigenvalue weighted by Gasteiger charge is -2.40. The normalized spacial score (nSPS) is 21.9. The number of amides is 2. The molecule has 10 nitrogen and oxygen atoms in total. The third-order valence-corrected chi connectivity index (χ3v) is 5.14. The standard InChI is InChI=1S/C18H19N5O3.C2HF3O2/c24-17(22-14-2-1-5-19-10-14)13-8-16-15(4-7-26-16)23(11-13)18(25)12-3-6-20-21-9-12;3-2(4,5)1(6)7/h1-3,5-6,9-10,13,15-16H,4,7-8,11H2,(H,22,24);(H,6,7)/t13-,15+,16+;/m0./s1. The minimum Gasteiger partial charge on any atom is -0.475 e. The number of ether oxygens (including phenoxy) is 1. The first kappa shape index (κ1) is 24.0. The molecule has 0 bridgehead atoms. The molecule has 2 N–H and O–H groups in total. The van der Waals surface area contributed by atoms with Crippen molar-refractivity contribution in [2.75, 3.05) is 18.5 Å². The number of pyridine rings is 1. The number of rotatable bonds is 3. The van der Waals surface area contributed by atoms with Crippen LogP contribution in [0.3, 0.4) is 0 Å². The number of nitrogens with zero attached hydrogens (tertiary/aromatic N) is 4. The van der Waals surface area contributed by atoms with E-state index in [1.807, 2.05) is 0 Å². The number of piperidine rings is 1. The van der Waals surface area contributed by atoms with E-state index in [1.54, 1.807) is 35.5 Å². The first-order valence-corrected chi connectivity index (χ1v) is 9.87. The zero-order valence-electron chi connectivity index (χ0n) is 17.1. The van der Waals surface area contributed by atoms with Gasteiger partial charge in [0, 0.05) is 19.3 Å². The zero-order valence-corrected chi connectivity index (χ0v) is 17.1. The third kappa shape index (κ3) is 6.22. The van der Waals surface area contributed by atoms with E-state index < -0.39 is 12.1 Å². The monoisotopic (exact) mass is 467 g/mol. The molecule has 176 valence electrons. The fourth-order valence-corrected chi connectivity index (χ4v) is 3.63. The molecule has 2 aromatic rings. The summed E-state index contributed by atoms with van der Waals surface area (Å²) < 4.78 is 37.5. The van der Waals surface area contributed by atoms with E-state index in [-0.39, 0.29) is 29.9 Å². The number of halogens is 3. The van der Waals surface area contributed by atoms with E-state index in [2.05, 4.69) is 20.5 Å². The summed E-state index contributed by atoms with van der Waals surface area (Å²) in [6, 6.07) is 5.19. The number of carboxylic acid groups (broad SMARTS) is 1. The Kier molecular flexibility index (Phi) is 7.53. The summed E-state index contributed by atoms with van der Waals surface area (Å²) in [4.78, 5) is 40.3. The Morgan fingerprint density at radius 3 is 2.52 bits per heavy atom. The molecule has 33 heavy (non-hydrogen) atoms. The van der Waals surface area contributed by atoms with Gasteiger partial charge in [-0.3, -0.25) is 14.6 Å². The fourth-order valence-electron chi connectivity index (χ4n) is 3.63. The first-order chi connectivity index (χ1) is 15.7. The molecule has 2 saturated heterocycles. The van der Waals surface area contributed by atoms with Gasteiger partial charge in [0.25, 0.3) is 5.91 Å². The summed E-state index contributed by atoms with van der Waals surface area (Å²) in [5, 5.41) is 17.5. The molecule has 4 rings (SSSR count). The minimum absolute atomic E-state index is 0.00175. The number of hydrogen-bond acceptors (Lipinski definition) is 7. The van der Waals surface area contributed by atoms with Gasteiger partial charge in [0.2, 0.25) is 5.91 Å². The molecule has 4 heterocycles. The summed E-state index contributed by atoms with van der Waals surface area (Å²) >= 11 is 0. The number of carbonyl (C=O) groups excluding carboxylic acids is 2. The lowest BCUT2D eigenvalue weighted by Crippen LogP contribution is -2.54. The number of carboxylic acids is 1. The summed E-state index contributed by atoms with van der Waals surface area (Å²) in [6.07, 6.45) is 2.38. The summed E-state index contributed by atoms with van der Waals surface area (Å²) in [5.41, 5.74) is 1.11. The number of alkyl halides is 3. The molecule has 0 radical (unpaired) electrons. The van der Waals surface area contributed by atoms with Crippen LogP contribution < -0.4 is 5.32 Å². The Morgan fingerprint density at radius 2 is 1.91 bits per heavy atom. The summed E-state index contributed by atoms with van der Waals surface area (Å²) in [6.45, 7) is 0.961. The predicted molar refractivity (Wildman–Crippen MR) is 106 cm³/mol. The van der Waals surface area contributed by atoms with E-state index >= 15 is 0 Å². The van der Waals surface area contributed by atoms with Crippen LogP contribution in [0.1, 0.15) is 23.2 Å². The number of hydrogen-bond donors (Lipinski definition) is 2. The number of nitrogens with one attached hydrogen (secondary N) is 1. The van der Waals surface area contributed by atoms with Crippen molar-refractivity contribution in [1.82, 2.24) is 20.1 Å². The van der Waals surface area contributed by atoms with Crippen LogP contribution in [0.5, 0.6) is 0 Å². The van der Waals surface area contributed by atoms with Crippen molar-refractivity contribution in [3.8, 4) is 0 Å². The van der Waals surface area contributed by atoms with E-state index in [4.69, 9.17) is 14.6 Å². The van der Waals surface area contributed by atoms with Crippen LogP contribution in [0.25, 0.3) is 0 Å². The van der Waals surface area contributed by atoms with Crippen molar-refractivity contribution in [2.45, 2.75) is 31.2 Å². The largest absolute Gasteiger partial charge is 0.490 e. The Balaban J connectivity index is 0.000000383. The van der Waals surface area contributed by atoms with Gasteiger partial charge < -0.3 is 20.1 Å². The maximum absolute atomic E-state index is 12.9. The van der Waals surface area contributed by atoms with Gasteiger partial charge in [-0.1, -0.05) is 0 Å².